The van der Waals surface area contributed by atoms with Crippen molar-refractivity contribution in [1.82, 2.24) is 4.90 Å². The Kier molecular flexibility index (Phi) is 3.76. The van der Waals surface area contributed by atoms with Crippen molar-refractivity contribution in [2.75, 3.05) is 13.7 Å². The Morgan fingerprint density at radius 2 is 2.10 bits per heavy atom. The van der Waals surface area contributed by atoms with Gasteiger partial charge in [0.05, 0.1) is 19.8 Å². The van der Waals surface area contributed by atoms with E-state index in [1.54, 1.807) is 7.11 Å². The first-order chi connectivity index (χ1) is 10.2. The highest BCUT2D eigenvalue weighted by molar-refractivity contribution is 5.81. The van der Waals surface area contributed by atoms with Gasteiger partial charge in [-0.25, -0.2) is 0 Å². The molecule has 2 fully saturated rings. The van der Waals surface area contributed by atoms with Gasteiger partial charge in [0.15, 0.2) is 11.5 Å². The summed E-state index contributed by atoms with van der Waals surface area (Å²) in [7, 11) is 1.62. The van der Waals surface area contributed by atoms with Gasteiger partial charge in [-0.1, -0.05) is 6.07 Å². The number of hydrogen-bond acceptors (Lipinski definition) is 4. The van der Waals surface area contributed by atoms with Crippen LogP contribution in [-0.4, -0.2) is 36.6 Å². The number of rotatable bonds is 5. The third-order valence-corrected chi connectivity index (χ3v) is 4.17. The van der Waals surface area contributed by atoms with Crippen molar-refractivity contribution in [3.05, 3.63) is 23.8 Å². The van der Waals surface area contributed by atoms with E-state index >= 15 is 0 Å². The highest BCUT2D eigenvalue weighted by atomic mass is 16.5. The molecule has 5 heteroatoms. The molecule has 2 unspecified atom stereocenters. The van der Waals surface area contributed by atoms with E-state index in [4.69, 9.17) is 15.2 Å². The fourth-order valence-corrected chi connectivity index (χ4v) is 3.12. The zero-order chi connectivity index (χ0) is 15.0. The number of amides is 1. The van der Waals surface area contributed by atoms with Crippen LogP contribution in [-0.2, 0) is 4.79 Å². The van der Waals surface area contributed by atoms with Gasteiger partial charge in [0.2, 0.25) is 5.91 Å². The van der Waals surface area contributed by atoms with E-state index in [1.165, 1.54) is 0 Å². The first-order valence-electron chi connectivity index (χ1n) is 7.53. The smallest absolute Gasteiger partial charge is 0.225 e. The molecule has 114 valence electrons. The molecule has 1 aromatic carbocycles. The lowest BCUT2D eigenvalue weighted by Crippen LogP contribution is -2.34. The topological polar surface area (TPSA) is 64.8 Å². The first kappa shape index (κ1) is 14.2. The predicted molar refractivity (Wildman–Crippen MR) is 79.4 cm³/mol. The quantitative estimate of drug-likeness (QED) is 0.899. The number of methoxy groups -OCH3 is 1. The lowest BCUT2D eigenvalue weighted by atomic mass is 10.00. The number of carbonyl (C=O) groups excluding carboxylic acids is 1. The van der Waals surface area contributed by atoms with Gasteiger partial charge in [-0.2, -0.15) is 0 Å². The summed E-state index contributed by atoms with van der Waals surface area (Å²) in [6, 6.07) is 6.01. The Balaban J connectivity index is 1.94. The van der Waals surface area contributed by atoms with Crippen LogP contribution in [0.4, 0.5) is 0 Å². The van der Waals surface area contributed by atoms with Crippen molar-refractivity contribution in [2.45, 2.75) is 44.3 Å². The maximum absolute atomic E-state index is 12.2. The molecule has 0 radical (unpaired) electrons. The van der Waals surface area contributed by atoms with E-state index < -0.39 is 0 Å². The molecule has 0 aromatic heterocycles. The molecule has 5 nitrogen and oxygen atoms in total. The monoisotopic (exact) mass is 290 g/mol. The van der Waals surface area contributed by atoms with E-state index in [0.717, 1.165) is 18.4 Å². The Morgan fingerprint density at radius 3 is 2.71 bits per heavy atom. The molecule has 2 N–H and O–H groups in total. The summed E-state index contributed by atoms with van der Waals surface area (Å²) in [6.07, 6.45) is 2.60. The lowest BCUT2D eigenvalue weighted by Gasteiger charge is -2.27. The van der Waals surface area contributed by atoms with E-state index in [-0.39, 0.29) is 18.0 Å². The van der Waals surface area contributed by atoms with Gasteiger partial charge in [0.1, 0.15) is 0 Å². The summed E-state index contributed by atoms with van der Waals surface area (Å²) >= 11 is 0. The largest absolute Gasteiger partial charge is 0.493 e. The minimum atomic E-state index is -0.152. The molecule has 1 aliphatic carbocycles. The van der Waals surface area contributed by atoms with Crippen molar-refractivity contribution in [2.24, 2.45) is 5.73 Å². The van der Waals surface area contributed by atoms with E-state index in [2.05, 4.69) is 0 Å². The molecule has 2 aliphatic rings. The number of likely N-dealkylation sites (tertiary alicyclic amines) is 1. The van der Waals surface area contributed by atoms with Gasteiger partial charge in [-0.15, -0.1) is 0 Å². The van der Waals surface area contributed by atoms with Gasteiger partial charge >= 0.3 is 0 Å². The second kappa shape index (κ2) is 5.56. The van der Waals surface area contributed by atoms with Gasteiger partial charge in [-0.05, 0) is 37.5 Å². The molecule has 1 aliphatic heterocycles. The van der Waals surface area contributed by atoms with Crippen LogP contribution < -0.4 is 15.2 Å². The Morgan fingerprint density at radius 1 is 1.33 bits per heavy atom. The van der Waals surface area contributed by atoms with Crippen LogP contribution in [0.25, 0.3) is 0 Å². The molecule has 21 heavy (non-hydrogen) atoms. The number of benzene rings is 1. The minimum absolute atomic E-state index is 0.0462. The summed E-state index contributed by atoms with van der Waals surface area (Å²) in [4.78, 5) is 14.1. The molecule has 1 saturated heterocycles. The molecule has 0 spiro atoms. The standard InChI is InChI=1S/C16H22N2O3/c1-3-21-14-8-10(4-7-13(14)20-2)16-12(17)9-15(19)18(16)11-5-6-11/h4,7-8,11-12,16H,3,5-6,9,17H2,1-2H3. The molecular weight excluding hydrogens is 268 g/mol. The Hall–Kier alpha value is -1.75. The summed E-state index contributed by atoms with van der Waals surface area (Å²) in [5, 5.41) is 0. The number of carbonyl (C=O) groups is 1. The summed E-state index contributed by atoms with van der Waals surface area (Å²) < 4.78 is 10.9. The molecule has 1 amide bonds. The predicted octanol–water partition coefficient (Wildman–Crippen LogP) is 1.86. The normalized spacial score (nSPS) is 25.3. The molecular formula is C16H22N2O3. The summed E-state index contributed by atoms with van der Waals surface area (Å²) in [5.41, 5.74) is 7.25. The highest BCUT2D eigenvalue weighted by Gasteiger charge is 2.46. The van der Waals surface area contributed by atoms with Crippen molar-refractivity contribution in [3.63, 3.8) is 0 Å². The van der Waals surface area contributed by atoms with Crippen molar-refractivity contribution >= 4 is 5.91 Å². The lowest BCUT2D eigenvalue weighted by molar-refractivity contribution is -0.129. The van der Waals surface area contributed by atoms with Gasteiger partial charge in [0, 0.05) is 18.5 Å². The fraction of sp³-hybridized carbons (Fsp3) is 0.562. The molecule has 1 saturated carbocycles. The van der Waals surface area contributed by atoms with Crippen LogP contribution in [0.15, 0.2) is 18.2 Å². The summed E-state index contributed by atoms with van der Waals surface area (Å²) in [6.45, 7) is 2.51. The van der Waals surface area contributed by atoms with E-state index in [9.17, 15) is 4.79 Å². The van der Waals surface area contributed by atoms with Gasteiger partial charge in [-0.3, -0.25) is 4.79 Å². The van der Waals surface area contributed by atoms with Crippen molar-refractivity contribution in [3.8, 4) is 11.5 Å². The van der Waals surface area contributed by atoms with Crippen LogP contribution in [0.5, 0.6) is 11.5 Å². The third kappa shape index (κ3) is 2.58. The third-order valence-electron chi connectivity index (χ3n) is 4.17. The zero-order valence-electron chi connectivity index (χ0n) is 12.5. The van der Waals surface area contributed by atoms with Crippen LogP contribution in [0.3, 0.4) is 0 Å². The first-order valence-corrected chi connectivity index (χ1v) is 7.53. The van der Waals surface area contributed by atoms with Crippen LogP contribution in [0.1, 0.15) is 37.8 Å². The average Bonchev–Trinajstić information content (AvgIpc) is 3.24. The number of nitrogens with zero attached hydrogens (tertiary/aromatic N) is 1. The Labute approximate surface area is 125 Å². The van der Waals surface area contributed by atoms with E-state index in [1.807, 2.05) is 30.0 Å². The maximum atomic E-state index is 12.2. The zero-order valence-corrected chi connectivity index (χ0v) is 12.5. The maximum Gasteiger partial charge on any atom is 0.225 e. The highest BCUT2D eigenvalue weighted by Crippen LogP contribution is 2.42. The van der Waals surface area contributed by atoms with Gasteiger partial charge < -0.3 is 20.1 Å². The number of ether oxygens (including phenoxy) is 2. The molecule has 2 atom stereocenters. The Bertz CT molecular complexity index is 542. The van der Waals surface area contributed by atoms with E-state index in [0.29, 0.717) is 30.6 Å². The minimum Gasteiger partial charge on any atom is -0.493 e. The second-order valence-corrected chi connectivity index (χ2v) is 5.69. The second-order valence-electron chi connectivity index (χ2n) is 5.69. The molecule has 3 rings (SSSR count). The van der Waals surface area contributed by atoms with Crippen LogP contribution in [0.2, 0.25) is 0 Å². The SMILES string of the molecule is CCOc1cc(C2C(N)CC(=O)N2C2CC2)ccc1OC. The van der Waals surface area contributed by atoms with Crippen molar-refractivity contribution in [1.29, 1.82) is 0 Å². The number of hydrogen-bond donors (Lipinski definition) is 1. The fourth-order valence-electron chi connectivity index (χ4n) is 3.12. The van der Waals surface area contributed by atoms with Crippen LogP contribution >= 0.6 is 0 Å². The molecule has 1 heterocycles. The van der Waals surface area contributed by atoms with Gasteiger partial charge in [0.25, 0.3) is 0 Å². The molecule has 0 bridgehead atoms. The van der Waals surface area contributed by atoms with Crippen molar-refractivity contribution < 1.29 is 14.3 Å². The summed E-state index contributed by atoms with van der Waals surface area (Å²) in [5.74, 6) is 1.58. The average molecular weight is 290 g/mol. The molecule has 1 aromatic rings. The van der Waals surface area contributed by atoms with Crippen LogP contribution in [0, 0.1) is 0 Å². The number of nitrogens with two attached hydrogens (primary N) is 1.